The van der Waals surface area contributed by atoms with E-state index in [0.29, 0.717) is 5.33 Å². The van der Waals surface area contributed by atoms with Gasteiger partial charge in [-0.2, -0.15) is 0 Å². The zero-order valence-corrected chi connectivity index (χ0v) is 14.1. The normalized spacial score (nSPS) is 13.8. The van der Waals surface area contributed by atoms with Gasteiger partial charge in [-0.15, -0.1) is 11.3 Å². The zero-order valence-electron chi connectivity index (χ0n) is 11.7. The Balaban J connectivity index is 2.24. The van der Waals surface area contributed by atoms with Gasteiger partial charge >= 0.3 is 0 Å². The number of rotatable bonds is 5. The maximum Gasteiger partial charge on any atom is 0.262 e. The summed E-state index contributed by atoms with van der Waals surface area (Å²) >= 11 is 5.03. The van der Waals surface area contributed by atoms with Crippen LogP contribution in [-0.4, -0.2) is 11.2 Å². The Kier molecular flexibility index (Phi) is 5.00. The average Bonchev–Trinajstić information content (AvgIpc) is 2.96. The highest BCUT2D eigenvalue weighted by Crippen LogP contribution is 2.25. The number of amides is 1. The van der Waals surface area contributed by atoms with Crippen molar-refractivity contribution in [3.8, 4) is 0 Å². The van der Waals surface area contributed by atoms with Gasteiger partial charge in [0.25, 0.3) is 5.91 Å². The SMILES string of the molecule is CCc1ccsc1C(=O)NC(C)(CBr)c1ccccc1. The van der Waals surface area contributed by atoms with Gasteiger partial charge in [-0.3, -0.25) is 4.79 Å². The number of benzene rings is 1. The van der Waals surface area contributed by atoms with Crippen LogP contribution >= 0.6 is 27.3 Å². The topological polar surface area (TPSA) is 29.1 Å². The molecular weight excluding hydrogens is 334 g/mol. The Morgan fingerprint density at radius 3 is 2.60 bits per heavy atom. The van der Waals surface area contributed by atoms with Crippen molar-refractivity contribution in [2.24, 2.45) is 0 Å². The Bertz CT molecular complexity index is 581. The molecule has 1 N–H and O–H groups in total. The lowest BCUT2D eigenvalue weighted by Gasteiger charge is -2.29. The molecule has 1 atom stereocenters. The second kappa shape index (κ2) is 6.55. The van der Waals surface area contributed by atoms with Crippen molar-refractivity contribution in [1.29, 1.82) is 0 Å². The lowest BCUT2D eigenvalue weighted by molar-refractivity contribution is 0.0917. The molecule has 0 saturated carbocycles. The van der Waals surface area contributed by atoms with E-state index >= 15 is 0 Å². The monoisotopic (exact) mass is 351 g/mol. The molecule has 0 saturated heterocycles. The summed E-state index contributed by atoms with van der Waals surface area (Å²) in [5.74, 6) is 0.00246. The van der Waals surface area contributed by atoms with Gasteiger partial charge in [0.05, 0.1) is 10.4 Å². The second-order valence-electron chi connectivity index (χ2n) is 4.91. The van der Waals surface area contributed by atoms with E-state index < -0.39 is 5.54 Å². The second-order valence-corrected chi connectivity index (χ2v) is 6.39. The van der Waals surface area contributed by atoms with Crippen molar-refractivity contribution in [2.75, 3.05) is 5.33 Å². The van der Waals surface area contributed by atoms with E-state index in [1.807, 2.05) is 48.7 Å². The first-order valence-electron chi connectivity index (χ1n) is 6.61. The van der Waals surface area contributed by atoms with Crippen molar-refractivity contribution in [3.05, 3.63) is 57.8 Å². The van der Waals surface area contributed by atoms with E-state index in [-0.39, 0.29) is 5.91 Å². The van der Waals surface area contributed by atoms with Crippen molar-refractivity contribution in [2.45, 2.75) is 25.8 Å². The van der Waals surface area contributed by atoms with Gasteiger partial charge in [-0.05, 0) is 35.9 Å². The number of nitrogens with one attached hydrogen (secondary N) is 1. The summed E-state index contributed by atoms with van der Waals surface area (Å²) in [7, 11) is 0. The third-order valence-corrected chi connectivity index (χ3v) is 5.48. The summed E-state index contributed by atoms with van der Waals surface area (Å²) in [5, 5.41) is 5.80. The quantitative estimate of drug-likeness (QED) is 0.797. The minimum atomic E-state index is -0.409. The summed E-state index contributed by atoms with van der Waals surface area (Å²) in [4.78, 5) is 13.3. The Morgan fingerprint density at radius 2 is 2.00 bits per heavy atom. The minimum absolute atomic E-state index is 0.00246. The summed E-state index contributed by atoms with van der Waals surface area (Å²) in [6.07, 6.45) is 0.878. The number of thiophene rings is 1. The number of aryl methyl sites for hydroxylation is 1. The van der Waals surface area contributed by atoms with Crippen LogP contribution in [0.25, 0.3) is 0 Å². The summed E-state index contributed by atoms with van der Waals surface area (Å²) in [6, 6.07) is 12.1. The highest BCUT2D eigenvalue weighted by molar-refractivity contribution is 9.09. The zero-order chi connectivity index (χ0) is 14.6. The van der Waals surface area contributed by atoms with Gasteiger partial charge in [0, 0.05) is 5.33 Å². The van der Waals surface area contributed by atoms with Gasteiger partial charge in [0.2, 0.25) is 0 Å². The van der Waals surface area contributed by atoms with Crippen LogP contribution in [0.15, 0.2) is 41.8 Å². The van der Waals surface area contributed by atoms with Gasteiger partial charge in [0.1, 0.15) is 0 Å². The molecule has 0 aliphatic heterocycles. The maximum absolute atomic E-state index is 12.5. The fourth-order valence-corrected chi connectivity index (χ4v) is 3.46. The fourth-order valence-electron chi connectivity index (χ4n) is 2.11. The van der Waals surface area contributed by atoms with Crippen LogP contribution in [0.3, 0.4) is 0 Å². The van der Waals surface area contributed by atoms with E-state index in [0.717, 1.165) is 22.4 Å². The van der Waals surface area contributed by atoms with Gasteiger partial charge in [-0.1, -0.05) is 53.2 Å². The lowest BCUT2D eigenvalue weighted by Crippen LogP contribution is -2.44. The first-order chi connectivity index (χ1) is 9.60. The standard InChI is InChI=1S/C16H18BrNOS/c1-3-12-9-10-20-14(12)15(19)18-16(2,11-17)13-7-5-4-6-8-13/h4-10H,3,11H2,1-2H3,(H,18,19). The van der Waals surface area contributed by atoms with Crippen LogP contribution in [0, 0.1) is 0 Å². The van der Waals surface area contributed by atoms with E-state index in [9.17, 15) is 4.79 Å². The molecule has 1 unspecified atom stereocenters. The summed E-state index contributed by atoms with van der Waals surface area (Å²) in [6.45, 7) is 4.11. The molecule has 2 aromatic rings. The van der Waals surface area contributed by atoms with E-state index in [2.05, 4.69) is 28.2 Å². The van der Waals surface area contributed by atoms with Crippen LogP contribution in [0.4, 0.5) is 0 Å². The molecular formula is C16H18BrNOS. The Morgan fingerprint density at radius 1 is 1.30 bits per heavy atom. The fraction of sp³-hybridized carbons (Fsp3) is 0.312. The van der Waals surface area contributed by atoms with Crippen molar-refractivity contribution < 1.29 is 4.79 Å². The number of halogens is 1. The molecule has 0 bridgehead atoms. The largest absolute Gasteiger partial charge is 0.341 e. The molecule has 2 rings (SSSR count). The summed E-state index contributed by atoms with van der Waals surface area (Å²) in [5.41, 5.74) is 1.80. The average molecular weight is 352 g/mol. The van der Waals surface area contributed by atoms with E-state index in [4.69, 9.17) is 0 Å². The third kappa shape index (κ3) is 3.13. The van der Waals surface area contributed by atoms with Crippen LogP contribution in [0.1, 0.15) is 34.6 Å². The number of carbonyl (C=O) groups is 1. The molecule has 0 aliphatic rings. The van der Waals surface area contributed by atoms with Crippen LogP contribution in [0.5, 0.6) is 0 Å². The first kappa shape index (κ1) is 15.3. The maximum atomic E-state index is 12.5. The minimum Gasteiger partial charge on any atom is -0.341 e. The molecule has 1 aromatic heterocycles. The number of carbonyl (C=O) groups excluding carboxylic acids is 1. The van der Waals surface area contributed by atoms with Crippen molar-refractivity contribution in [1.82, 2.24) is 5.32 Å². The molecule has 20 heavy (non-hydrogen) atoms. The molecule has 0 radical (unpaired) electrons. The molecule has 0 spiro atoms. The predicted molar refractivity (Wildman–Crippen MR) is 88.8 cm³/mol. The van der Waals surface area contributed by atoms with Gasteiger partial charge in [-0.25, -0.2) is 0 Å². The molecule has 0 fully saturated rings. The van der Waals surface area contributed by atoms with Crippen LogP contribution in [0.2, 0.25) is 0 Å². The third-order valence-electron chi connectivity index (χ3n) is 3.40. The predicted octanol–water partition coefficient (Wildman–Crippen LogP) is 4.35. The Hall–Kier alpha value is -1.13. The molecule has 106 valence electrons. The lowest BCUT2D eigenvalue weighted by atomic mass is 9.94. The highest BCUT2D eigenvalue weighted by Gasteiger charge is 2.28. The van der Waals surface area contributed by atoms with Crippen LogP contribution < -0.4 is 5.32 Å². The van der Waals surface area contributed by atoms with Crippen LogP contribution in [-0.2, 0) is 12.0 Å². The van der Waals surface area contributed by atoms with Gasteiger partial charge < -0.3 is 5.32 Å². The molecule has 4 heteroatoms. The van der Waals surface area contributed by atoms with Crippen molar-refractivity contribution >= 4 is 33.2 Å². The number of hydrogen-bond donors (Lipinski definition) is 1. The number of alkyl halides is 1. The molecule has 1 amide bonds. The summed E-state index contributed by atoms with van der Waals surface area (Å²) < 4.78 is 0. The highest BCUT2D eigenvalue weighted by atomic mass is 79.9. The molecule has 0 aliphatic carbocycles. The van der Waals surface area contributed by atoms with Crippen molar-refractivity contribution in [3.63, 3.8) is 0 Å². The molecule has 1 aromatic carbocycles. The molecule has 1 heterocycles. The first-order valence-corrected chi connectivity index (χ1v) is 8.61. The number of hydrogen-bond acceptors (Lipinski definition) is 2. The smallest absolute Gasteiger partial charge is 0.262 e. The Labute approximate surface area is 132 Å². The van der Waals surface area contributed by atoms with E-state index in [1.165, 1.54) is 11.3 Å². The van der Waals surface area contributed by atoms with Gasteiger partial charge in [0.15, 0.2) is 0 Å². The molecule has 2 nitrogen and oxygen atoms in total. The van der Waals surface area contributed by atoms with E-state index in [1.54, 1.807) is 0 Å².